The predicted octanol–water partition coefficient (Wildman–Crippen LogP) is 1.58. The van der Waals surface area contributed by atoms with Crippen LogP contribution in [0.15, 0.2) is 24.3 Å². The van der Waals surface area contributed by atoms with Crippen LogP contribution < -0.4 is 15.8 Å². The van der Waals surface area contributed by atoms with Gasteiger partial charge in [-0.1, -0.05) is 6.92 Å². The summed E-state index contributed by atoms with van der Waals surface area (Å²) in [4.78, 5) is 11.9. The summed E-state index contributed by atoms with van der Waals surface area (Å²) in [5.74, 6) is 0.604. The number of carbonyl (C=O) groups is 1. The second kappa shape index (κ2) is 6.99. The van der Waals surface area contributed by atoms with E-state index in [2.05, 4.69) is 5.32 Å². The molecule has 5 heteroatoms. The van der Waals surface area contributed by atoms with Gasteiger partial charge in [-0.3, -0.25) is 4.79 Å². The molecule has 3 N–H and O–H groups in total. The van der Waals surface area contributed by atoms with Crippen molar-refractivity contribution in [2.24, 2.45) is 0 Å². The van der Waals surface area contributed by atoms with E-state index in [0.717, 1.165) is 5.75 Å². The van der Waals surface area contributed by atoms with Crippen molar-refractivity contribution in [2.75, 3.05) is 26.0 Å². The number of benzene rings is 1. The fraction of sp³-hybridized carbons (Fsp3) is 0.500. The van der Waals surface area contributed by atoms with Gasteiger partial charge in [0.2, 0.25) is 0 Å². The monoisotopic (exact) mass is 266 g/mol. The van der Waals surface area contributed by atoms with Crippen LogP contribution in [0.4, 0.5) is 5.69 Å². The molecule has 1 aromatic carbocycles. The minimum atomic E-state index is -0.777. The zero-order valence-electron chi connectivity index (χ0n) is 11.7. The lowest BCUT2D eigenvalue weighted by molar-refractivity contribution is -0.141. The van der Waals surface area contributed by atoms with E-state index >= 15 is 0 Å². The average molecular weight is 266 g/mol. The third kappa shape index (κ3) is 4.44. The highest BCUT2D eigenvalue weighted by Crippen LogP contribution is 2.14. The first kappa shape index (κ1) is 15.3. The van der Waals surface area contributed by atoms with Crippen LogP contribution in [0, 0.1) is 0 Å². The number of hydrogen-bond donors (Lipinski definition) is 2. The molecule has 0 fully saturated rings. The highest BCUT2D eigenvalue weighted by atomic mass is 16.5. The predicted molar refractivity (Wildman–Crippen MR) is 75.1 cm³/mol. The molecule has 0 bridgehead atoms. The molecule has 0 saturated heterocycles. The first-order valence-electron chi connectivity index (χ1n) is 6.33. The van der Waals surface area contributed by atoms with Crippen LogP contribution in [0.1, 0.15) is 20.3 Å². The lowest BCUT2D eigenvalue weighted by Gasteiger charge is -2.25. The molecule has 0 aliphatic rings. The van der Waals surface area contributed by atoms with Crippen LogP contribution in [0.3, 0.4) is 0 Å². The van der Waals surface area contributed by atoms with E-state index in [1.54, 1.807) is 31.2 Å². The van der Waals surface area contributed by atoms with E-state index in [1.807, 2.05) is 6.92 Å². The Bertz CT molecular complexity index is 400. The molecular weight excluding hydrogens is 244 g/mol. The number of anilines is 1. The Morgan fingerprint density at radius 3 is 2.53 bits per heavy atom. The van der Waals surface area contributed by atoms with Gasteiger partial charge in [-0.2, -0.15) is 0 Å². The zero-order valence-corrected chi connectivity index (χ0v) is 11.7. The van der Waals surface area contributed by atoms with Crippen molar-refractivity contribution < 1.29 is 14.3 Å². The first-order valence-corrected chi connectivity index (χ1v) is 6.33. The van der Waals surface area contributed by atoms with Gasteiger partial charge in [0.25, 0.3) is 5.91 Å². The van der Waals surface area contributed by atoms with Crippen molar-refractivity contribution >= 4 is 11.6 Å². The van der Waals surface area contributed by atoms with Crippen LogP contribution in [-0.4, -0.2) is 31.8 Å². The molecule has 0 heterocycles. The summed E-state index contributed by atoms with van der Waals surface area (Å²) < 4.78 is 10.7. The van der Waals surface area contributed by atoms with Gasteiger partial charge in [0.05, 0.1) is 6.54 Å². The second-order valence-corrected chi connectivity index (χ2v) is 4.46. The molecule has 0 aliphatic heterocycles. The van der Waals surface area contributed by atoms with E-state index in [0.29, 0.717) is 25.3 Å². The Kier molecular flexibility index (Phi) is 5.63. The van der Waals surface area contributed by atoms with E-state index in [9.17, 15) is 4.79 Å². The Balaban J connectivity index is 2.31. The third-order valence-electron chi connectivity index (χ3n) is 3.14. The van der Waals surface area contributed by atoms with Gasteiger partial charge in [0.15, 0.2) is 0 Å². The van der Waals surface area contributed by atoms with Crippen molar-refractivity contribution in [1.82, 2.24) is 5.32 Å². The SMILES string of the molecule is CCC(C)(OC)C(=O)NCCOc1ccc(N)cc1. The maximum Gasteiger partial charge on any atom is 0.252 e. The molecule has 0 saturated carbocycles. The molecule has 1 amide bonds. The van der Waals surface area contributed by atoms with E-state index in [1.165, 1.54) is 7.11 Å². The number of carbonyl (C=O) groups excluding carboxylic acids is 1. The minimum Gasteiger partial charge on any atom is -0.492 e. The Labute approximate surface area is 114 Å². The summed E-state index contributed by atoms with van der Waals surface area (Å²) >= 11 is 0. The van der Waals surface area contributed by atoms with Gasteiger partial charge in [-0.25, -0.2) is 0 Å². The average Bonchev–Trinajstić information content (AvgIpc) is 2.44. The molecule has 5 nitrogen and oxygen atoms in total. The molecule has 0 aromatic heterocycles. The number of amides is 1. The first-order chi connectivity index (χ1) is 9.01. The van der Waals surface area contributed by atoms with Crippen LogP contribution in [-0.2, 0) is 9.53 Å². The maximum absolute atomic E-state index is 11.9. The lowest BCUT2D eigenvalue weighted by Crippen LogP contribution is -2.46. The summed E-state index contributed by atoms with van der Waals surface area (Å²) in [6.45, 7) is 4.51. The Morgan fingerprint density at radius 2 is 2.00 bits per heavy atom. The summed E-state index contributed by atoms with van der Waals surface area (Å²) in [6, 6.07) is 7.13. The van der Waals surface area contributed by atoms with Gasteiger partial charge >= 0.3 is 0 Å². The van der Waals surface area contributed by atoms with Gasteiger partial charge in [0.1, 0.15) is 18.0 Å². The second-order valence-electron chi connectivity index (χ2n) is 4.46. The van der Waals surface area contributed by atoms with Gasteiger partial charge in [-0.15, -0.1) is 0 Å². The van der Waals surface area contributed by atoms with Gasteiger partial charge < -0.3 is 20.5 Å². The van der Waals surface area contributed by atoms with Gasteiger partial charge in [-0.05, 0) is 37.6 Å². The number of rotatable bonds is 7. The molecule has 19 heavy (non-hydrogen) atoms. The van der Waals surface area contributed by atoms with Crippen LogP contribution in [0.25, 0.3) is 0 Å². The standard InChI is InChI=1S/C14H22N2O3/c1-4-14(2,18-3)13(17)16-9-10-19-12-7-5-11(15)6-8-12/h5-8H,4,9-10,15H2,1-3H3,(H,16,17). The third-order valence-corrected chi connectivity index (χ3v) is 3.14. The van der Waals surface area contributed by atoms with Crippen molar-refractivity contribution in [3.63, 3.8) is 0 Å². The molecule has 106 valence electrons. The topological polar surface area (TPSA) is 73.6 Å². The van der Waals surface area contributed by atoms with Crippen LogP contribution in [0.5, 0.6) is 5.75 Å². The Morgan fingerprint density at radius 1 is 1.37 bits per heavy atom. The summed E-state index contributed by atoms with van der Waals surface area (Å²) in [5.41, 5.74) is 5.49. The van der Waals surface area contributed by atoms with Crippen molar-refractivity contribution in [2.45, 2.75) is 25.9 Å². The maximum atomic E-state index is 11.9. The van der Waals surface area contributed by atoms with Crippen LogP contribution in [0.2, 0.25) is 0 Å². The number of hydrogen-bond acceptors (Lipinski definition) is 4. The summed E-state index contributed by atoms with van der Waals surface area (Å²) in [6.07, 6.45) is 0.619. The molecule has 0 spiro atoms. The smallest absolute Gasteiger partial charge is 0.252 e. The Hall–Kier alpha value is -1.75. The van der Waals surface area contributed by atoms with Crippen molar-refractivity contribution in [3.8, 4) is 5.75 Å². The van der Waals surface area contributed by atoms with E-state index < -0.39 is 5.60 Å². The molecular formula is C14H22N2O3. The summed E-state index contributed by atoms with van der Waals surface area (Å²) in [5, 5.41) is 2.79. The summed E-state index contributed by atoms with van der Waals surface area (Å²) in [7, 11) is 1.54. The number of methoxy groups -OCH3 is 1. The molecule has 0 radical (unpaired) electrons. The van der Waals surface area contributed by atoms with E-state index in [4.69, 9.17) is 15.2 Å². The molecule has 1 atom stereocenters. The highest BCUT2D eigenvalue weighted by Gasteiger charge is 2.30. The van der Waals surface area contributed by atoms with Crippen molar-refractivity contribution in [3.05, 3.63) is 24.3 Å². The minimum absolute atomic E-state index is 0.126. The van der Waals surface area contributed by atoms with E-state index in [-0.39, 0.29) is 5.91 Å². The number of nitrogens with one attached hydrogen (secondary N) is 1. The zero-order chi connectivity index (χ0) is 14.3. The number of nitrogens with two attached hydrogens (primary N) is 1. The fourth-order valence-electron chi connectivity index (χ4n) is 1.48. The molecule has 1 aromatic rings. The van der Waals surface area contributed by atoms with Crippen molar-refractivity contribution in [1.29, 1.82) is 0 Å². The quantitative estimate of drug-likeness (QED) is 0.580. The number of ether oxygens (including phenoxy) is 2. The van der Waals surface area contributed by atoms with Crippen LogP contribution >= 0.6 is 0 Å². The number of nitrogen functional groups attached to an aromatic ring is 1. The molecule has 1 rings (SSSR count). The van der Waals surface area contributed by atoms with Gasteiger partial charge in [0, 0.05) is 12.8 Å². The largest absolute Gasteiger partial charge is 0.492 e. The lowest BCUT2D eigenvalue weighted by atomic mass is 10.0. The molecule has 1 unspecified atom stereocenters. The fourth-order valence-corrected chi connectivity index (χ4v) is 1.48. The highest BCUT2D eigenvalue weighted by molar-refractivity contribution is 5.84. The normalized spacial score (nSPS) is 13.6. The molecule has 0 aliphatic carbocycles.